The van der Waals surface area contributed by atoms with Crippen LogP contribution in [-0.4, -0.2) is 53.7 Å². The summed E-state index contributed by atoms with van der Waals surface area (Å²) in [6.45, 7) is 2.54. The molecule has 2 aromatic rings. The van der Waals surface area contributed by atoms with Crippen molar-refractivity contribution in [2.45, 2.75) is 6.18 Å². The molecule has 1 aromatic heterocycles. The second-order valence-corrected chi connectivity index (χ2v) is 6.44. The van der Waals surface area contributed by atoms with Gasteiger partial charge in [0.05, 0.1) is 12.1 Å². The van der Waals surface area contributed by atoms with Gasteiger partial charge in [-0.05, 0) is 18.2 Å². The van der Waals surface area contributed by atoms with Gasteiger partial charge in [-0.25, -0.2) is 0 Å². The number of benzene rings is 1. The van der Waals surface area contributed by atoms with Crippen molar-refractivity contribution in [2.75, 3.05) is 42.9 Å². The van der Waals surface area contributed by atoms with Crippen LogP contribution in [0, 0.1) is 0 Å². The largest absolute Gasteiger partial charge is 0.416 e. The van der Waals surface area contributed by atoms with Gasteiger partial charge in [0.15, 0.2) is 0 Å². The number of nitrogens with zero attached hydrogens (tertiary/aromatic N) is 4. The Labute approximate surface area is 146 Å². The Hall–Kier alpha value is -2.20. The second kappa shape index (κ2) is 7.36. The van der Waals surface area contributed by atoms with E-state index in [1.165, 1.54) is 22.9 Å². The van der Waals surface area contributed by atoms with E-state index in [2.05, 4.69) is 15.5 Å². The Morgan fingerprint density at radius 3 is 2.64 bits per heavy atom. The minimum Gasteiger partial charge on any atom is -0.369 e. The maximum Gasteiger partial charge on any atom is 0.416 e. The average Bonchev–Trinajstić information content (AvgIpc) is 3.08. The molecule has 1 saturated heterocycles. The maximum atomic E-state index is 12.8. The van der Waals surface area contributed by atoms with Gasteiger partial charge in [0.2, 0.25) is 11.0 Å². The van der Waals surface area contributed by atoms with Gasteiger partial charge in [-0.2, -0.15) is 13.2 Å². The number of piperazine rings is 1. The van der Waals surface area contributed by atoms with E-state index in [4.69, 9.17) is 0 Å². The van der Waals surface area contributed by atoms with E-state index in [0.29, 0.717) is 37.0 Å². The van der Waals surface area contributed by atoms with Crippen molar-refractivity contribution >= 4 is 28.1 Å². The first-order chi connectivity index (χ1) is 11.9. The van der Waals surface area contributed by atoms with Crippen molar-refractivity contribution in [1.29, 1.82) is 0 Å². The van der Waals surface area contributed by atoms with Gasteiger partial charge in [0.25, 0.3) is 0 Å². The van der Waals surface area contributed by atoms with Gasteiger partial charge in [-0.15, -0.1) is 10.2 Å². The molecular formula is C15H16F3N5OS. The number of amides is 1. The van der Waals surface area contributed by atoms with Crippen LogP contribution in [0.2, 0.25) is 0 Å². The molecule has 2 heterocycles. The van der Waals surface area contributed by atoms with Crippen molar-refractivity contribution in [3.63, 3.8) is 0 Å². The van der Waals surface area contributed by atoms with Crippen molar-refractivity contribution in [1.82, 2.24) is 15.1 Å². The van der Waals surface area contributed by atoms with Crippen molar-refractivity contribution in [3.05, 3.63) is 35.3 Å². The number of halogens is 3. The van der Waals surface area contributed by atoms with E-state index in [0.717, 1.165) is 12.1 Å². The maximum absolute atomic E-state index is 12.8. The monoisotopic (exact) mass is 371 g/mol. The van der Waals surface area contributed by atoms with Crippen molar-refractivity contribution < 1.29 is 18.0 Å². The van der Waals surface area contributed by atoms with Gasteiger partial charge >= 0.3 is 6.18 Å². The summed E-state index contributed by atoms with van der Waals surface area (Å²) in [5.41, 5.74) is 1.43. The zero-order valence-corrected chi connectivity index (χ0v) is 14.0. The van der Waals surface area contributed by atoms with Crippen molar-refractivity contribution in [2.24, 2.45) is 0 Å². The van der Waals surface area contributed by atoms with Gasteiger partial charge in [-0.3, -0.25) is 15.0 Å². The lowest BCUT2D eigenvalue weighted by Crippen LogP contribution is -2.48. The van der Waals surface area contributed by atoms with Crippen LogP contribution in [-0.2, 0) is 11.0 Å². The molecule has 6 nitrogen and oxygen atoms in total. The molecule has 1 aliphatic rings. The van der Waals surface area contributed by atoms with Crippen LogP contribution in [0.25, 0.3) is 0 Å². The third kappa shape index (κ3) is 4.67. The summed E-state index contributed by atoms with van der Waals surface area (Å²) < 4.78 is 38.4. The van der Waals surface area contributed by atoms with E-state index in [1.54, 1.807) is 6.07 Å². The van der Waals surface area contributed by atoms with Crippen LogP contribution in [0.5, 0.6) is 0 Å². The van der Waals surface area contributed by atoms with Crippen LogP contribution >= 0.6 is 11.3 Å². The molecule has 134 valence electrons. The zero-order valence-electron chi connectivity index (χ0n) is 13.2. The Morgan fingerprint density at radius 2 is 2.00 bits per heavy atom. The molecule has 25 heavy (non-hydrogen) atoms. The highest BCUT2D eigenvalue weighted by Crippen LogP contribution is 2.31. The topological polar surface area (TPSA) is 61.4 Å². The molecular weight excluding hydrogens is 355 g/mol. The van der Waals surface area contributed by atoms with Crippen LogP contribution in [0.3, 0.4) is 0 Å². The standard InChI is InChI=1S/C15H16F3N5OS/c16-15(17,18)11-2-1-3-12(8-11)23-6-4-22(5-7-23)9-13(24)20-14-21-19-10-25-14/h1-3,8,10H,4-7,9H2,(H,20,21,24). The Balaban J connectivity index is 1.52. The minimum atomic E-state index is -4.35. The quantitative estimate of drug-likeness (QED) is 0.894. The number of carbonyl (C=O) groups excluding carboxylic acids is 1. The fraction of sp³-hybridized carbons (Fsp3) is 0.400. The molecule has 10 heteroatoms. The van der Waals surface area contributed by atoms with Crippen LogP contribution in [0.4, 0.5) is 24.0 Å². The molecule has 1 amide bonds. The molecule has 0 unspecified atom stereocenters. The predicted octanol–water partition coefficient (Wildman–Crippen LogP) is 2.32. The number of hydrogen-bond donors (Lipinski definition) is 1. The summed E-state index contributed by atoms with van der Waals surface area (Å²) in [5.74, 6) is -0.177. The third-order valence-corrected chi connectivity index (χ3v) is 4.49. The highest BCUT2D eigenvalue weighted by molar-refractivity contribution is 7.13. The van der Waals surface area contributed by atoms with E-state index in [9.17, 15) is 18.0 Å². The Bertz CT molecular complexity index is 714. The van der Waals surface area contributed by atoms with Gasteiger partial charge < -0.3 is 4.90 Å². The van der Waals surface area contributed by atoms with Crippen LogP contribution in [0.15, 0.2) is 29.8 Å². The number of aromatic nitrogens is 2. The molecule has 0 saturated carbocycles. The molecule has 3 rings (SSSR count). The first-order valence-corrected chi connectivity index (χ1v) is 8.50. The van der Waals surface area contributed by atoms with Crippen LogP contribution in [0.1, 0.15) is 5.56 Å². The number of nitrogens with one attached hydrogen (secondary N) is 1. The molecule has 0 aliphatic carbocycles. The van der Waals surface area contributed by atoms with E-state index in [1.807, 2.05) is 9.80 Å². The summed E-state index contributed by atoms with van der Waals surface area (Å²) in [5, 5.41) is 10.5. The molecule has 1 N–H and O–H groups in total. The first-order valence-electron chi connectivity index (χ1n) is 7.62. The molecule has 0 spiro atoms. The third-order valence-electron chi connectivity index (χ3n) is 3.88. The Morgan fingerprint density at radius 1 is 1.24 bits per heavy atom. The minimum absolute atomic E-state index is 0.177. The van der Waals surface area contributed by atoms with E-state index in [-0.39, 0.29) is 12.5 Å². The predicted molar refractivity (Wildman–Crippen MR) is 88.6 cm³/mol. The fourth-order valence-electron chi connectivity index (χ4n) is 2.63. The summed E-state index contributed by atoms with van der Waals surface area (Å²) in [6.07, 6.45) is -4.35. The lowest BCUT2D eigenvalue weighted by atomic mass is 10.1. The number of hydrogen-bond acceptors (Lipinski definition) is 6. The molecule has 0 atom stereocenters. The fourth-order valence-corrected chi connectivity index (χ4v) is 3.09. The van der Waals surface area contributed by atoms with E-state index >= 15 is 0 Å². The van der Waals surface area contributed by atoms with Crippen molar-refractivity contribution in [3.8, 4) is 0 Å². The normalized spacial score (nSPS) is 16.0. The highest BCUT2D eigenvalue weighted by Gasteiger charge is 2.31. The van der Waals surface area contributed by atoms with Crippen LogP contribution < -0.4 is 10.2 Å². The highest BCUT2D eigenvalue weighted by atomic mass is 32.1. The first kappa shape index (κ1) is 17.6. The number of carbonyl (C=O) groups is 1. The summed E-state index contributed by atoms with van der Waals surface area (Å²) in [7, 11) is 0. The van der Waals surface area contributed by atoms with Gasteiger partial charge in [0.1, 0.15) is 5.51 Å². The zero-order chi connectivity index (χ0) is 17.9. The lowest BCUT2D eigenvalue weighted by molar-refractivity contribution is -0.137. The average molecular weight is 371 g/mol. The van der Waals surface area contributed by atoms with Gasteiger partial charge in [-0.1, -0.05) is 17.4 Å². The SMILES string of the molecule is O=C(CN1CCN(c2cccc(C(F)(F)F)c2)CC1)Nc1nncs1. The number of anilines is 2. The molecule has 1 aliphatic heterocycles. The van der Waals surface area contributed by atoms with E-state index < -0.39 is 11.7 Å². The molecule has 0 radical (unpaired) electrons. The second-order valence-electron chi connectivity index (χ2n) is 5.60. The summed E-state index contributed by atoms with van der Waals surface area (Å²) in [4.78, 5) is 15.8. The summed E-state index contributed by atoms with van der Waals surface area (Å²) >= 11 is 1.24. The molecule has 0 bridgehead atoms. The lowest BCUT2D eigenvalue weighted by Gasteiger charge is -2.35. The van der Waals surface area contributed by atoms with Gasteiger partial charge in [0, 0.05) is 31.9 Å². The smallest absolute Gasteiger partial charge is 0.369 e. The number of rotatable bonds is 4. The number of alkyl halides is 3. The summed E-state index contributed by atoms with van der Waals surface area (Å²) in [6, 6.07) is 5.32. The molecule has 1 fully saturated rings. The molecule has 1 aromatic carbocycles. The Kier molecular flexibility index (Phi) is 5.19.